The molecule has 0 bridgehead atoms. The molecule has 0 saturated heterocycles. The highest BCUT2D eigenvalue weighted by molar-refractivity contribution is 5.71. The first-order valence-corrected chi connectivity index (χ1v) is 31.6. The highest BCUT2D eigenvalue weighted by Crippen LogP contribution is 2.16. The van der Waals surface area contributed by atoms with Crippen LogP contribution in [0.3, 0.4) is 0 Å². The second-order valence-corrected chi connectivity index (χ2v) is 20.9. The lowest BCUT2D eigenvalue weighted by atomic mass is 10.0. The molecule has 1 unspecified atom stereocenters. The Morgan fingerprint density at radius 2 is 0.527 bits per heavy atom. The van der Waals surface area contributed by atoms with Gasteiger partial charge < -0.3 is 14.2 Å². The second-order valence-electron chi connectivity index (χ2n) is 20.9. The van der Waals surface area contributed by atoms with Crippen molar-refractivity contribution in [2.75, 3.05) is 13.2 Å². The van der Waals surface area contributed by atoms with E-state index in [0.29, 0.717) is 19.3 Å². The van der Waals surface area contributed by atoms with E-state index in [0.717, 1.165) is 116 Å². The average molecular weight is 1030 g/mol. The van der Waals surface area contributed by atoms with Crippen LogP contribution in [0.15, 0.2) is 85.1 Å². The van der Waals surface area contributed by atoms with Crippen molar-refractivity contribution in [3.63, 3.8) is 0 Å². The molecule has 6 nitrogen and oxygen atoms in total. The summed E-state index contributed by atoms with van der Waals surface area (Å²) in [4.78, 5) is 38.3. The largest absolute Gasteiger partial charge is 0.462 e. The minimum atomic E-state index is -0.784. The number of unbranched alkanes of at least 4 members (excludes halogenated alkanes) is 32. The maximum Gasteiger partial charge on any atom is 0.306 e. The van der Waals surface area contributed by atoms with Gasteiger partial charge in [0.25, 0.3) is 0 Å². The van der Waals surface area contributed by atoms with Crippen LogP contribution in [0.25, 0.3) is 0 Å². The number of carbonyl (C=O) groups excluding carboxylic acids is 3. The summed E-state index contributed by atoms with van der Waals surface area (Å²) in [5.74, 6) is -0.885. The van der Waals surface area contributed by atoms with Crippen LogP contribution >= 0.6 is 0 Å². The van der Waals surface area contributed by atoms with Crippen LogP contribution < -0.4 is 0 Å². The molecule has 1 atom stereocenters. The first kappa shape index (κ1) is 70.6. The molecule has 0 radical (unpaired) electrons. The fourth-order valence-electron chi connectivity index (χ4n) is 8.91. The molecule has 0 fully saturated rings. The molecule has 0 N–H and O–H groups in total. The summed E-state index contributed by atoms with van der Waals surface area (Å²) >= 11 is 0. The molecular weight excluding hydrogens is 913 g/mol. The number of rotatable bonds is 57. The van der Waals surface area contributed by atoms with Gasteiger partial charge in [-0.15, -0.1) is 0 Å². The Labute approximate surface area is 458 Å². The van der Waals surface area contributed by atoms with Crippen molar-refractivity contribution < 1.29 is 28.6 Å². The van der Waals surface area contributed by atoms with Crippen LogP contribution in [-0.4, -0.2) is 37.2 Å². The predicted molar refractivity (Wildman–Crippen MR) is 321 cm³/mol. The van der Waals surface area contributed by atoms with Gasteiger partial charge in [-0.05, 0) is 96.3 Å². The van der Waals surface area contributed by atoms with Crippen LogP contribution in [0.4, 0.5) is 0 Å². The van der Waals surface area contributed by atoms with Gasteiger partial charge in [-0.2, -0.15) is 0 Å². The molecule has 426 valence electrons. The van der Waals surface area contributed by atoms with Gasteiger partial charge >= 0.3 is 17.9 Å². The molecule has 74 heavy (non-hydrogen) atoms. The van der Waals surface area contributed by atoms with E-state index in [1.165, 1.54) is 154 Å². The summed E-state index contributed by atoms with van der Waals surface area (Å²) in [7, 11) is 0. The molecule has 0 aromatic heterocycles. The highest BCUT2D eigenvalue weighted by atomic mass is 16.6. The second kappa shape index (κ2) is 62.1. The topological polar surface area (TPSA) is 78.9 Å². The van der Waals surface area contributed by atoms with Crippen molar-refractivity contribution in [2.45, 2.75) is 316 Å². The molecule has 0 aliphatic rings. The fourth-order valence-corrected chi connectivity index (χ4v) is 8.91. The van der Waals surface area contributed by atoms with Gasteiger partial charge in [0, 0.05) is 19.3 Å². The Hall–Kier alpha value is -3.41. The van der Waals surface area contributed by atoms with E-state index >= 15 is 0 Å². The summed E-state index contributed by atoms with van der Waals surface area (Å²) in [6.07, 6.45) is 81.5. The Kier molecular flexibility index (Phi) is 59.3. The lowest BCUT2D eigenvalue weighted by Gasteiger charge is -2.18. The number of esters is 3. The van der Waals surface area contributed by atoms with Gasteiger partial charge in [0.15, 0.2) is 6.10 Å². The third-order valence-electron chi connectivity index (χ3n) is 13.6. The van der Waals surface area contributed by atoms with Gasteiger partial charge in [-0.1, -0.05) is 279 Å². The zero-order valence-electron chi connectivity index (χ0n) is 48.8. The zero-order chi connectivity index (χ0) is 53.6. The van der Waals surface area contributed by atoms with E-state index in [1.54, 1.807) is 0 Å². The van der Waals surface area contributed by atoms with E-state index in [-0.39, 0.29) is 31.1 Å². The summed E-state index contributed by atoms with van der Waals surface area (Å²) in [6.45, 7) is 6.52. The van der Waals surface area contributed by atoms with Gasteiger partial charge in [0.05, 0.1) is 0 Å². The number of carbonyl (C=O) groups is 3. The SMILES string of the molecule is CC/C=C\C/C=C\C/C=C\C/C=C\C/C=C\CCCCCCCCCCCCCC(=O)OCC(COC(=O)CCCCCCCCCCCCCCC)OC(=O)CCCCCCC/C=C\C/C=C\CCCCCC. The first-order chi connectivity index (χ1) is 36.5. The monoisotopic (exact) mass is 1030 g/mol. The van der Waals surface area contributed by atoms with Gasteiger partial charge in [0.2, 0.25) is 0 Å². The molecule has 0 spiro atoms. The van der Waals surface area contributed by atoms with E-state index in [4.69, 9.17) is 14.2 Å². The molecule has 0 rings (SSSR count). The number of allylic oxidation sites excluding steroid dienone is 14. The lowest BCUT2D eigenvalue weighted by molar-refractivity contribution is -0.167. The Balaban J connectivity index is 4.29. The minimum Gasteiger partial charge on any atom is -0.462 e. The maximum atomic E-state index is 12.9. The lowest BCUT2D eigenvalue weighted by Crippen LogP contribution is -2.30. The van der Waals surface area contributed by atoms with Crippen LogP contribution in [0, 0.1) is 0 Å². The Bertz CT molecular complexity index is 1420. The van der Waals surface area contributed by atoms with E-state index < -0.39 is 6.10 Å². The Morgan fingerprint density at radius 1 is 0.284 bits per heavy atom. The van der Waals surface area contributed by atoms with Crippen LogP contribution in [-0.2, 0) is 28.6 Å². The van der Waals surface area contributed by atoms with Crippen molar-refractivity contribution in [3.05, 3.63) is 85.1 Å². The molecular formula is C68H118O6. The minimum absolute atomic E-state index is 0.0797. The predicted octanol–water partition coefficient (Wildman–Crippen LogP) is 21.5. The summed E-state index contributed by atoms with van der Waals surface area (Å²) < 4.78 is 16.9. The molecule has 0 amide bonds. The highest BCUT2D eigenvalue weighted by Gasteiger charge is 2.19. The third-order valence-corrected chi connectivity index (χ3v) is 13.6. The van der Waals surface area contributed by atoms with Crippen molar-refractivity contribution >= 4 is 17.9 Å². The molecule has 0 aromatic rings. The van der Waals surface area contributed by atoms with Crippen molar-refractivity contribution in [1.29, 1.82) is 0 Å². The van der Waals surface area contributed by atoms with Gasteiger partial charge in [-0.3, -0.25) is 14.4 Å². The number of hydrogen-bond acceptors (Lipinski definition) is 6. The molecule has 0 aliphatic heterocycles. The van der Waals surface area contributed by atoms with Crippen LogP contribution in [0.1, 0.15) is 310 Å². The van der Waals surface area contributed by atoms with E-state index in [9.17, 15) is 14.4 Å². The van der Waals surface area contributed by atoms with E-state index in [2.05, 4.69) is 106 Å². The van der Waals surface area contributed by atoms with Crippen LogP contribution in [0.5, 0.6) is 0 Å². The summed E-state index contributed by atoms with van der Waals surface area (Å²) in [6, 6.07) is 0. The molecule has 6 heteroatoms. The van der Waals surface area contributed by atoms with Crippen molar-refractivity contribution in [1.82, 2.24) is 0 Å². The number of hydrogen-bond donors (Lipinski definition) is 0. The number of ether oxygens (including phenoxy) is 3. The van der Waals surface area contributed by atoms with Crippen molar-refractivity contribution in [2.24, 2.45) is 0 Å². The fraction of sp³-hybridized carbons (Fsp3) is 0.750. The molecule has 0 heterocycles. The quantitative estimate of drug-likeness (QED) is 0.0261. The summed E-state index contributed by atoms with van der Waals surface area (Å²) in [5.41, 5.74) is 0. The Morgan fingerprint density at radius 3 is 0.838 bits per heavy atom. The smallest absolute Gasteiger partial charge is 0.306 e. The first-order valence-electron chi connectivity index (χ1n) is 31.6. The average Bonchev–Trinajstić information content (AvgIpc) is 3.40. The standard InChI is InChI=1S/C68H118O6/c1-4-7-10-13-16-19-22-25-27-29-30-31-32-33-34-35-36-37-38-39-41-43-46-49-52-55-58-61-67(70)73-64-65(63-72-66(69)60-57-54-51-48-45-42-24-21-18-15-12-9-6-3)74-68(71)62-59-56-53-50-47-44-40-28-26-23-20-17-14-11-8-5-2/h7,10,16,19-20,23,25,27-28,30-31,33-34,40,65H,4-6,8-9,11-15,17-18,21-22,24,26,29,32,35-39,41-64H2,1-3H3/b10-7-,19-16-,23-20-,27-25-,31-30-,34-33-,40-28-. The molecule has 0 aliphatic carbocycles. The third kappa shape index (κ3) is 59.5. The normalized spacial score (nSPS) is 12.6. The maximum absolute atomic E-state index is 12.9. The zero-order valence-corrected chi connectivity index (χ0v) is 48.8. The van der Waals surface area contributed by atoms with Gasteiger partial charge in [-0.25, -0.2) is 0 Å². The van der Waals surface area contributed by atoms with Gasteiger partial charge in [0.1, 0.15) is 13.2 Å². The molecule has 0 saturated carbocycles. The van der Waals surface area contributed by atoms with Crippen LogP contribution in [0.2, 0.25) is 0 Å². The molecule has 0 aromatic carbocycles. The summed E-state index contributed by atoms with van der Waals surface area (Å²) in [5, 5.41) is 0. The van der Waals surface area contributed by atoms with E-state index in [1.807, 2.05) is 0 Å². The van der Waals surface area contributed by atoms with Crippen molar-refractivity contribution in [3.8, 4) is 0 Å².